The molecule has 0 radical (unpaired) electrons. The molecule has 0 aliphatic heterocycles. The first-order valence-electron chi connectivity index (χ1n) is 8.48. The zero-order chi connectivity index (χ0) is 19.9. The van der Waals surface area contributed by atoms with E-state index < -0.39 is 5.91 Å². The highest BCUT2D eigenvalue weighted by molar-refractivity contribution is 7.98. The Morgan fingerprint density at radius 3 is 2.57 bits per heavy atom. The third-order valence-corrected chi connectivity index (χ3v) is 4.46. The fraction of sp³-hybridized carbons (Fsp3) is 0.150. The summed E-state index contributed by atoms with van der Waals surface area (Å²) >= 11 is 7.42. The van der Waals surface area contributed by atoms with Crippen LogP contribution in [-0.4, -0.2) is 28.7 Å². The molecule has 0 bridgehead atoms. The van der Waals surface area contributed by atoms with Crippen molar-refractivity contribution < 1.29 is 14.3 Å². The van der Waals surface area contributed by atoms with Crippen LogP contribution in [-0.2, 0) is 0 Å². The molecule has 0 saturated heterocycles. The number of nitrogens with zero attached hydrogens (tertiary/aromatic N) is 2. The average Bonchev–Trinajstić information content (AvgIpc) is 2.71. The van der Waals surface area contributed by atoms with Crippen LogP contribution >= 0.6 is 23.4 Å². The molecule has 0 saturated carbocycles. The second kappa shape index (κ2) is 9.43. The van der Waals surface area contributed by atoms with Gasteiger partial charge in [0.2, 0.25) is 0 Å². The van der Waals surface area contributed by atoms with E-state index in [2.05, 4.69) is 15.3 Å². The van der Waals surface area contributed by atoms with E-state index in [0.717, 1.165) is 5.75 Å². The molecule has 144 valence electrons. The number of thioether (sulfide) groups is 1. The Morgan fingerprint density at radius 2 is 1.86 bits per heavy atom. The molecular formula is C20H18ClN3O3S. The van der Waals surface area contributed by atoms with Crippen LogP contribution in [0.5, 0.6) is 17.2 Å². The van der Waals surface area contributed by atoms with Crippen molar-refractivity contribution in [2.24, 2.45) is 0 Å². The van der Waals surface area contributed by atoms with Gasteiger partial charge in [-0.1, -0.05) is 35.5 Å². The number of hydrogen-bond donors (Lipinski definition) is 1. The molecule has 0 fully saturated rings. The first-order chi connectivity index (χ1) is 13.6. The normalized spacial score (nSPS) is 10.4. The van der Waals surface area contributed by atoms with Gasteiger partial charge in [-0.05, 0) is 49.6 Å². The van der Waals surface area contributed by atoms with E-state index in [9.17, 15) is 4.79 Å². The van der Waals surface area contributed by atoms with Crippen LogP contribution in [0.3, 0.4) is 0 Å². The largest absolute Gasteiger partial charge is 0.494 e. The summed E-state index contributed by atoms with van der Waals surface area (Å²) in [6.45, 7) is 2.52. The van der Waals surface area contributed by atoms with Crippen molar-refractivity contribution >= 4 is 35.0 Å². The maximum Gasteiger partial charge on any atom is 0.276 e. The summed E-state index contributed by atoms with van der Waals surface area (Å²) in [5.74, 6) is 1.44. The summed E-state index contributed by atoms with van der Waals surface area (Å²) in [4.78, 5) is 20.9. The van der Waals surface area contributed by atoms with Gasteiger partial charge in [0.15, 0.2) is 16.6 Å². The summed E-state index contributed by atoms with van der Waals surface area (Å²) in [6, 6.07) is 14.4. The number of carbonyl (C=O) groups is 1. The van der Waals surface area contributed by atoms with Gasteiger partial charge in [-0.3, -0.25) is 4.79 Å². The standard InChI is InChI=1S/C20H18ClN3O3S/c1-3-26-13-8-10-14(11-9-13)27-17-7-5-4-6-16(17)23-19(25)18-15(21)12-22-20(24-18)28-2/h4-12H,3H2,1-2H3,(H,23,25). The van der Waals surface area contributed by atoms with Crippen LogP contribution in [0.15, 0.2) is 59.9 Å². The van der Waals surface area contributed by atoms with Crippen LogP contribution < -0.4 is 14.8 Å². The molecule has 1 amide bonds. The number of benzene rings is 2. The maximum atomic E-state index is 12.7. The molecule has 6 nitrogen and oxygen atoms in total. The van der Waals surface area contributed by atoms with E-state index in [1.807, 2.05) is 31.4 Å². The van der Waals surface area contributed by atoms with E-state index in [1.54, 1.807) is 30.3 Å². The molecular weight excluding hydrogens is 398 g/mol. The van der Waals surface area contributed by atoms with Gasteiger partial charge in [0, 0.05) is 0 Å². The van der Waals surface area contributed by atoms with Gasteiger partial charge in [0.1, 0.15) is 11.5 Å². The van der Waals surface area contributed by atoms with Crippen LogP contribution in [0, 0.1) is 0 Å². The lowest BCUT2D eigenvalue weighted by Crippen LogP contribution is -2.15. The smallest absolute Gasteiger partial charge is 0.276 e. The minimum absolute atomic E-state index is 0.108. The summed E-state index contributed by atoms with van der Waals surface area (Å²) in [5.41, 5.74) is 0.610. The Kier molecular flexibility index (Phi) is 6.73. The van der Waals surface area contributed by atoms with Crippen molar-refractivity contribution in [3.63, 3.8) is 0 Å². The SMILES string of the molecule is CCOc1ccc(Oc2ccccc2NC(=O)c2nc(SC)ncc2Cl)cc1. The van der Waals surface area contributed by atoms with Crippen molar-refractivity contribution in [3.05, 3.63) is 65.4 Å². The summed E-state index contributed by atoms with van der Waals surface area (Å²) in [7, 11) is 0. The quantitative estimate of drug-likeness (QED) is 0.417. The average molecular weight is 416 g/mol. The minimum atomic E-state index is -0.439. The number of para-hydroxylation sites is 2. The predicted molar refractivity (Wildman–Crippen MR) is 111 cm³/mol. The molecule has 2 aromatic carbocycles. The van der Waals surface area contributed by atoms with Crippen LogP contribution in [0.25, 0.3) is 0 Å². The molecule has 28 heavy (non-hydrogen) atoms. The number of hydrogen-bond acceptors (Lipinski definition) is 6. The second-order valence-corrected chi connectivity index (χ2v) is 6.69. The maximum absolute atomic E-state index is 12.7. The summed E-state index contributed by atoms with van der Waals surface area (Å²) in [6.07, 6.45) is 3.24. The number of ether oxygens (including phenoxy) is 2. The van der Waals surface area contributed by atoms with E-state index in [-0.39, 0.29) is 10.7 Å². The highest BCUT2D eigenvalue weighted by atomic mass is 35.5. The lowest BCUT2D eigenvalue weighted by atomic mass is 10.2. The van der Waals surface area contributed by atoms with Gasteiger partial charge in [-0.25, -0.2) is 9.97 Å². The lowest BCUT2D eigenvalue weighted by Gasteiger charge is -2.13. The summed E-state index contributed by atoms with van der Waals surface area (Å²) in [5, 5.41) is 3.45. The molecule has 1 aromatic heterocycles. The molecule has 1 heterocycles. The highest BCUT2D eigenvalue weighted by Gasteiger charge is 2.16. The molecule has 0 unspecified atom stereocenters. The van der Waals surface area contributed by atoms with E-state index in [4.69, 9.17) is 21.1 Å². The number of amides is 1. The first kappa shape index (κ1) is 20.0. The number of carbonyl (C=O) groups excluding carboxylic acids is 1. The molecule has 0 aliphatic carbocycles. The van der Waals surface area contributed by atoms with Gasteiger partial charge in [-0.2, -0.15) is 0 Å². The third kappa shape index (κ3) is 4.94. The zero-order valence-electron chi connectivity index (χ0n) is 15.3. The molecule has 3 rings (SSSR count). The molecule has 0 spiro atoms. The Labute approximate surface area is 172 Å². The third-order valence-electron chi connectivity index (χ3n) is 3.62. The van der Waals surface area contributed by atoms with Crippen LogP contribution in [0.4, 0.5) is 5.69 Å². The topological polar surface area (TPSA) is 73.3 Å². The van der Waals surface area contributed by atoms with E-state index in [0.29, 0.717) is 28.9 Å². The molecule has 3 aromatic rings. The first-order valence-corrected chi connectivity index (χ1v) is 10.1. The van der Waals surface area contributed by atoms with Gasteiger partial charge in [-0.15, -0.1) is 0 Å². The van der Waals surface area contributed by atoms with E-state index in [1.165, 1.54) is 18.0 Å². The van der Waals surface area contributed by atoms with Crippen molar-refractivity contribution in [3.8, 4) is 17.2 Å². The van der Waals surface area contributed by atoms with Gasteiger partial charge < -0.3 is 14.8 Å². The molecule has 0 aliphatic rings. The lowest BCUT2D eigenvalue weighted by molar-refractivity contribution is 0.102. The highest BCUT2D eigenvalue weighted by Crippen LogP contribution is 2.31. The predicted octanol–water partition coefficient (Wildman–Crippen LogP) is 5.30. The summed E-state index contributed by atoms with van der Waals surface area (Å²) < 4.78 is 11.3. The number of rotatable bonds is 7. The van der Waals surface area contributed by atoms with Crippen LogP contribution in [0.2, 0.25) is 5.02 Å². The van der Waals surface area contributed by atoms with Gasteiger partial charge in [0.05, 0.1) is 23.5 Å². The van der Waals surface area contributed by atoms with Crippen molar-refractivity contribution in [1.82, 2.24) is 9.97 Å². The van der Waals surface area contributed by atoms with Gasteiger partial charge in [0.25, 0.3) is 5.91 Å². The Morgan fingerprint density at radius 1 is 1.14 bits per heavy atom. The molecule has 0 atom stereocenters. The van der Waals surface area contributed by atoms with E-state index >= 15 is 0 Å². The van der Waals surface area contributed by atoms with Gasteiger partial charge >= 0.3 is 0 Å². The molecule has 8 heteroatoms. The zero-order valence-corrected chi connectivity index (χ0v) is 16.9. The fourth-order valence-electron chi connectivity index (χ4n) is 2.35. The molecule has 1 N–H and O–H groups in total. The Balaban J connectivity index is 1.79. The monoisotopic (exact) mass is 415 g/mol. The number of halogens is 1. The number of anilines is 1. The number of nitrogens with one attached hydrogen (secondary N) is 1. The Hall–Kier alpha value is -2.77. The van der Waals surface area contributed by atoms with Crippen LogP contribution in [0.1, 0.15) is 17.4 Å². The number of aromatic nitrogens is 2. The minimum Gasteiger partial charge on any atom is -0.494 e. The van der Waals surface area contributed by atoms with Crippen molar-refractivity contribution in [2.45, 2.75) is 12.1 Å². The Bertz CT molecular complexity index is 967. The van der Waals surface area contributed by atoms with Crippen molar-refractivity contribution in [1.29, 1.82) is 0 Å². The second-order valence-electron chi connectivity index (χ2n) is 5.51. The van der Waals surface area contributed by atoms with Crippen molar-refractivity contribution in [2.75, 3.05) is 18.2 Å². The fourth-order valence-corrected chi connectivity index (χ4v) is 2.86.